The van der Waals surface area contributed by atoms with Crippen LogP contribution in [0.4, 0.5) is 0 Å². The van der Waals surface area contributed by atoms with Gasteiger partial charge in [0, 0.05) is 102 Å². The molecule has 2 atom stereocenters. The van der Waals surface area contributed by atoms with Gasteiger partial charge in [0.25, 0.3) is 0 Å². The summed E-state index contributed by atoms with van der Waals surface area (Å²) in [6.07, 6.45) is 6.08. The van der Waals surface area contributed by atoms with Crippen molar-refractivity contribution < 1.29 is 38.0 Å². The predicted octanol–water partition coefficient (Wildman–Crippen LogP) is 16.4. The number of carbonyl (C=O) groups excluding carboxylic acids is 2. The van der Waals surface area contributed by atoms with E-state index >= 15 is 0 Å². The van der Waals surface area contributed by atoms with Gasteiger partial charge in [-0.2, -0.15) is 0 Å². The Balaban J connectivity index is 0.000000241. The first-order valence-corrected chi connectivity index (χ1v) is 45.7. The van der Waals surface area contributed by atoms with E-state index in [0.717, 1.165) is 125 Å². The Kier molecular flexibility index (Phi) is 21.8. The lowest BCUT2D eigenvalue weighted by Crippen LogP contribution is -2.31. The molecule has 14 nitrogen and oxygen atoms in total. The molecule has 0 saturated heterocycles. The first-order chi connectivity index (χ1) is 39.4. The molecule has 0 aliphatic carbocycles. The monoisotopic (exact) mass is 1340 g/mol. The zero-order chi connectivity index (χ0) is 61.7. The van der Waals surface area contributed by atoms with E-state index in [1.54, 1.807) is 14.2 Å². The number of ether oxygens (including phenoxy) is 6. The molecule has 8 rings (SSSR count). The number of hydrogen-bond acceptors (Lipinski definition) is 10. The maximum absolute atomic E-state index is 13.3. The van der Waals surface area contributed by atoms with Gasteiger partial charge in [-0.25, -0.2) is 9.97 Å². The Morgan fingerprint density at radius 3 is 1.25 bits per heavy atom. The standard InChI is InChI=1S/2C32H46BrN3O4Si2/c1-23-18-28(38-3)29(25-12-13-35(30(23)25)21-39-14-16-41(4,5)6)32(2,20-37)31-34-26-19-24(33)10-11-27(26)36(31)22-40-15-17-42(7,8)9;1-23-18-28(38-3)29(25-12-13-35(30(23)25)21-39-14-16-41(4,5)6)32(2,20-37)31-34-26-11-10-24(33)19-27(26)36(31)22-40-15-17-42(7,8)9/h2*10-13,18-20H,14-17,21-22H2,1-9H3. The van der Waals surface area contributed by atoms with Crippen molar-refractivity contribution in [2.24, 2.45) is 0 Å². The molecular weight excluding hydrogens is 1250 g/mol. The van der Waals surface area contributed by atoms with Crippen molar-refractivity contribution in [3.05, 3.63) is 116 Å². The largest absolute Gasteiger partial charge is 0.496 e. The number of aldehydes is 2. The molecule has 4 heterocycles. The average molecular weight is 1350 g/mol. The predicted molar refractivity (Wildman–Crippen MR) is 363 cm³/mol. The fourth-order valence-electron chi connectivity index (χ4n) is 10.6. The van der Waals surface area contributed by atoms with Crippen LogP contribution < -0.4 is 9.47 Å². The van der Waals surface area contributed by atoms with E-state index in [1.165, 1.54) is 0 Å². The minimum Gasteiger partial charge on any atom is -0.496 e. The van der Waals surface area contributed by atoms with Crippen molar-refractivity contribution >= 4 is 121 Å². The molecule has 0 aliphatic heterocycles. The van der Waals surface area contributed by atoms with Crippen molar-refractivity contribution in [2.45, 2.75) is 168 Å². The van der Waals surface area contributed by atoms with Gasteiger partial charge in [0.1, 0.15) is 73.5 Å². The molecule has 4 aromatic carbocycles. The third-order valence-electron chi connectivity index (χ3n) is 15.6. The highest BCUT2D eigenvalue weighted by Crippen LogP contribution is 2.45. The molecule has 0 spiro atoms. The number of aromatic nitrogens is 6. The Bertz CT molecular complexity index is 3470. The second kappa shape index (κ2) is 27.3. The summed E-state index contributed by atoms with van der Waals surface area (Å²) in [6, 6.07) is 24.5. The number of rotatable bonds is 28. The third kappa shape index (κ3) is 15.8. The number of methoxy groups -OCH3 is 2. The van der Waals surface area contributed by atoms with Gasteiger partial charge in [-0.3, -0.25) is 0 Å². The quantitative estimate of drug-likeness (QED) is 0.0265. The number of carbonyl (C=O) groups is 2. The fourth-order valence-corrected chi connectivity index (χ4v) is 14.4. The molecular formula is C64H92Br2N6O8Si4. The van der Waals surface area contributed by atoms with Gasteiger partial charge in [-0.1, -0.05) is 110 Å². The summed E-state index contributed by atoms with van der Waals surface area (Å²) in [5.74, 6) is 2.57. The first kappa shape index (κ1) is 67.0. The highest BCUT2D eigenvalue weighted by atomic mass is 79.9. The van der Waals surface area contributed by atoms with Crippen LogP contribution in [-0.4, -0.2) is 114 Å². The van der Waals surface area contributed by atoms with Gasteiger partial charge in [0.2, 0.25) is 0 Å². The molecule has 0 amide bonds. The van der Waals surface area contributed by atoms with Gasteiger partial charge < -0.3 is 56.3 Å². The first-order valence-electron chi connectivity index (χ1n) is 29.3. The topological polar surface area (TPSA) is 135 Å². The third-order valence-corrected chi connectivity index (χ3v) is 23.4. The number of benzene rings is 4. The molecule has 0 fully saturated rings. The van der Waals surface area contributed by atoms with Crippen molar-refractivity contribution in [1.82, 2.24) is 28.2 Å². The van der Waals surface area contributed by atoms with E-state index in [9.17, 15) is 9.59 Å². The molecule has 4 aromatic heterocycles. The number of fused-ring (bicyclic) bond motifs is 4. The Morgan fingerprint density at radius 2 is 0.857 bits per heavy atom. The minimum atomic E-state index is -1.26. The van der Waals surface area contributed by atoms with Gasteiger partial charge in [-0.15, -0.1) is 0 Å². The highest BCUT2D eigenvalue weighted by molar-refractivity contribution is 9.10. The summed E-state index contributed by atoms with van der Waals surface area (Å²) in [5, 5.41) is 1.91. The van der Waals surface area contributed by atoms with E-state index in [1.807, 2.05) is 83.9 Å². The smallest absolute Gasteiger partial charge is 0.138 e. The van der Waals surface area contributed by atoms with E-state index in [4.69, 9.17) is 38.4 Å². The molecule has 8 aromatic rings. The summed E-state index contributed by atoms with van der Waals surface area (Å²) in [4.78, 5) is 36.7. The normalized spacial score (nSPS) is 14.0. The zero-order valence-corrected chi connectivity index (χ0v) is 60.4. The lowest BCUT2D eigenvalue weighted by Gasteiger charge is -2.28. The molecule has 84 heavy (non-hydrogen) atoms. The van der Waals surface area contributed by atoms with Gasteiger partial charge in [-0.05, 0) is 124 Å². The van der Waals surface area contributed by atoms with E-state index in [2.05, 4.69) is 146 Å². The maximum Gasteiger partial charge on any atom is 0.138 e. The molecule has 20 heteroatoms. The zero-order valence-electron chi connectivity index (χ0n) is 53.3. The molecule has 0 aliphatic rings. The molecule has 0 bridgehead atoms. The van der Waals surface area contributed by atoms with E-state index in [-0.39, 0.29) is 0 Å². The Morgan fingerprint density at radius 1 is 0.488 bits per heavy atom. The summed E-state index contributed by atoms with van der Waals surface area (Å²) < 4.78 is 46.8. The van der Waals surface area contributed by atoms with Crippen LogP contribution in [-0.2, 0) is 66.3 Å². The summed E-state index contributed by atoms with van der Waals surface area (Å²) in [5.41, 5.74) is 6.98. The maximum atomic E-state index is 13.3. The van der Waals surface area contributed by atoms with Crippen LogP contribution in [0.15, 0.2) is 82.0 Å². The van der Waals surface area contributed by atoms with Crippen molar-refractivity contribution in [1.29, 1.82) is 0 Å². The van der Waals surface area contributed by atoms with Gasteiger partial charge in [0.05, 0.1) is 47.3 Å². The van der Waals surface area contributed by atoms with Crippen LogP contribution in [0.1, 0.15) is 47.8 Å². The lowest BCUT2D eigenvalue weighted by molar-refractivity contribution is -0.112. The minimum absolute atomic E-state index is 0.305. The molecule has 0 N–H and O–H groups in total. The summed E-state index contributed by atoms with van der Waals surface area (Å²) in [7, 11) is -1.58. The number of hydrogen-bond donors (Lipinski definition) is 0. The van der Waals surface area contributed by atoms with E-state index < -0.39 is 43.1 Å². The average Bonchev–Trinajstić information content (AvgIpc) is 1.79. The van der Waals surface area contributed by atoms with Crippen molar-refractivity contribution in [2.75, 3.05) is 40.6 Å². The number of halogens is 2. The second-order valence-electron chi connectivity index (χ2n) is 27.7. The highest BCUT2D eigenvalue weighted by Gasteiger charge is 2.41. The van der Waals surface area contributed by atoms with Crippen LogP contribution in [0.3, 0.4) is 0 Å². The number of imidazole rings is 2. The fraction of sp³-hybridized carbons (Fsp3) is 0.500. The summed E-state index contributed by atoms with van der Waals surface area (Å²) >= 11 is 7.21. The van der Waals surface area contributed by atoms with Gasteiger partial charge >= 0.3 is 0 Å². The van der Waals surface area contributed by atoms with Crippen LogP contribution in [0.2, 0.25) is 103 Å². The van der Waals surface area contributed by atoms with Crippen LogP contribution >= 0.6 is 31.9 Å². The van der Waals surface area contributed by atoms with Crippen LogP contribution in [0.25, 0.3) is 43.9 Å². The molecule has 0 saturated carbocycles. The van der Waals surface area contributed by atoms with Crippen LogP contribution in [0, 0.1) is 13.8 Å². The molecule has 0 radical (unpaired) electrons. The van der Waals surface area contributed by atoms with Crippen LogP contribution in [0.5, 0.6) is 11.5 Å². The Hall–Kier alpha value is -4.49. The lowest BCUT2D eigenvalue weighted by atomic mass is 9.79. The molecule has 456 valence electrons. The SMILES string of the molecule is COc1cc(C)c2c(ccn2COCC[Si](C)(C)C)c1C(C)(C=O)c1nc2cc(Br)ccc2n1COCC[Si](C)(C)C.COc1cc(C)c2c(ccn2COCC[Si](C)(C)C)c1C(C)(C=O)c1nc2ccc(Br)cc2n1COCC[Si](C)(C)C. The van der Waals surface area contributed by atoms with Gasteiger partial charge in [0.15, 0.2) is 0 Å². The Labute approximate surface area is 519 Å². The molecule has 2 unspecified atom stereocenters. The summed E-state index contributed by atoms with van der Waals surface area (Å²) in [6.45, 7) is 40.5. The second-order valence-corrected chi connectivity index (χ2v) is 52.0. The number of aryl methyl sites for hydroxylation is 2. The van der Waals surface area contributed by atoms with Crippen molar-refractivity contribution in [3.63, 3.8) is 0 Å². The van der Waals surface area contributed by atoms with Crippen molar-refractivity contribution in [3.8, 4) is 11.5 Å². The number of nitrogens with zero attached hydrogens (tertiary/aromatic N) is 6. The van der Waals surface area contributed by atoms with E-state index in [0.29, 0.717) is 63.3 Å².